The molecule has 26 heavy (non-hydrogen) atoms. The molecule has 0 unspecified atom stereocenters. The highest BCUT2D eigenvalue weighted by molar-refractivity contribution is 5.78. The van der Waals surface area contributed by atoms with Crippen molar-refractivity contribution in [1.82, 2.24) is 19.8 Å². The fourth-order valence-corrected chi connectivity index (χ4v) is 4.04. The molecule has 2 amide bonds. The minimum absolute atomic E-state index is 0.0324. The standard InChI is InChI=1S/C20H32N4O2/c1-14(2)8-9-19(26)24-11-10-23-13-17(22-20(23)15(24)3)12-18(25)21-16-6-4-5-7-16/h13-16H,4-12H2,1-3H3,(H,21,25)/t15-/m0/s1. The fourth-order valence-electron chi connectivity index (χ4n) is 4.04. The van der Waals surface area contributed by atoms with Crippen LogP contribution in [-0.2, 0) is 22.6 Å². The van der Waals surface area contributed by atoms with Crippen molar-refractivity contribution in [2.24, 2.45) is 5.92 Å². The second kappa shape index (κ2) is 8.23. The lowest BCUT2D eigenvalue weighted by Crippen LogP contribution is -2.41. The number of rotatable bonds is 6. The van der Waals surface area contributed by atoms with Crippen LogP contribution in [0.15, 0.2) is 6.20 Å². The first-order chi connectivity index (χ1) is 12.4. The maximum atomic E-state index is 12.5. The van der Waals surface area contributed by atoms with Crippen molar-refractivity contribution >= 4 is 11.8 Å². The van der Waals surface area contributed by atoms with E-state index in [1.165, 1.54) is 12.8 Å². The Morgan fingerprint density at radius 2 is 2.00 bits per heavy atom. The summed E-state index contributed by atoms with van der Waals surface area (Å²) < 4.78 is 2.11. The van der Waals surface area contributed by atoms with Crippen molar-refractivity contribution in [3.63, 3.8) is 0 Å². The summed E-state index contributed by atoms with van der Waals surface area (Å²) in [5.74, 6) is 1.70. The van der Waals surface area contributed by atoms with Crippen molar-refractivity contribution < 1.29 is 9.59 Å². The molecule has 1 fully saturated rings. The number of hydrogen-bond acceptors (Lipinski definition) is 3. The quantitative estimate of drug-likeness (QED) is 0.848. The molecule has 3 rings (SSSR count). The van der Waals surface area contributed by atoms with Crippen LogP contribution >= 0.6 is 0 Å². The topological polar surface area (TPSA) is 67.2 Å². The largest absolute Gasteiger partial charge is 0.353 e. The number of amides is 2. The average Bonchev–Trinajstić information content (AvgIpc) is 3.22. The van der Waals surface area contributed by atoms with E-state index in [2.05, 4.69) is 28.7 Å². The number of nitrogens with zero attached hydrogens (tertiary/aromatic N) is 3. The molecule has 1 aromatic heterocycles. The summed E-state index contributed by atoms with van der Waals surface area (Å²) >= 11 is 0. The molecule has 1 atom stereocenters. The van der Waals surface area contributed by atoms with E-state index in [0.717, 1.165) is 43.9 Å². The van der Waals surface area contributed by atoms with E-state index in [-0.39, 0.29) is 17.9 Å². The molecule has 1 aliphatic heterocycles. The van der Waals surface area contributed by atoms with Crippen LogP contribution in [0.25, 0.3) is 0 Å². The predicted molar refractivity (Wildman–Crippen MR) is 101 cm³/mol. The summed E-state index contributed by atoms with van der Waals surface area (Å²) in [7, 11) is 0. The molecule has 1 aliphatic carbocycles. The zero-order chi connectivity index (χ0) is 18.7. The maximum Gasteiger partial charge on any atom is 0.226 e. The third-order valence-electron chi connectivity index (χ3n) is 5.60. The van der Waals surface area contributed by atoms with Crippen molar-refractivity contribution in [1.29, 1.82) is 0 Å². The van der Waals surface area contributed by atoms with E-state index in [1.54, 1.807) is 0 Å². The van der Waals surface area contributed by atoms with Crippen LogP contribution in [-0.4, -0.2) is 38.9 Å². The summed E-state index contributed by atoms with van der Waals surface area (Å²) in [6, 6.07) is 0.308. The monoisotopic (exact) mass is 360 g/mol. The molecule has 144 valence electrons. The van der Waals surface area contributed by atoms with Crippen LogP contribution in [0.3, 0.4) is 0 Å². The smallest absolute Gasteiger partial charge is 0.226 e. The van der Waals surface area contributed by atoms with E-state index >= 15 is 0 Å². The zero-order valence-corrected chi connectivity index (χ0v) is 16.3. The van der Waals surface area contributed by atoms with Crippen molar-refractivity contribution in [3.05, 3.63) is 17.7 Å². The lowest BCUT2D eigenvalue weighted by molar-refractivity contribution is -0.134. The van der Waals surface area contributed by atoms with Crippen LogP contribution < -0.4 is 5.32 Å². The maximum absolute atomic E-state index is 12.5. The van der Waals surface area contributed by atoms with Gasteiger partial charge in [0.25, 0.3) is 0 Å². The van der Waals surface area contributed by atoms with Crippen molar-refractivity contribution in [2.75, 3.05) is 6.54 Å². The van der Waals surface area contributed by atoms with Gasteiger partial charge in [-0.1, -0.05) is 26.7 Å². The highest BCUT2D eigenvalue weighted by Crippen LogP contribution is 2.26. The van der Waals surface area contributed by atoms with Gasteiger partial charge in [-0.2, -0.15) is 0 Å². The molecular weight excluding hydrogens is 328 g/mol. The summed E-state index contributed by atoms with van der Waals surface area (Å²) in [5, 5.41) is 3.12. The molecular formula is C20H32N4O2. The highest BCUT2D eigenvalue weighted by atomic mass is 16.2. The van der Waals surface area contributed by atoms with Crippen molar-refractivity contribution in [2.45, 2.75) is 84.3 Å². The number of fused-ring (bicyclic) bond motifs is 1. The van der Waals surface area contributed by atoms with Crippen LogP contribution in [0.1, 0.15) is 76.9 Å². The molecule has 1 N–H and O–H groups in total. The second-order valence-electron chi connectivity index (χ2n) is 8.21. The van der Waals surface area contributed by atoms with Gasteiger partial charge in [-0.15, -0.1) is 0 Å². The Hall–Kier alpha value is -1.85. The lowest BCUT2D eigenvalue weighted by atomic mass is 10.1. The third kappa shape index (κ3) is 4.46. The van der Waals surface area contributed by atoms with Gasteiger partial charge in [-0.3, -0.25) is 9.59 Å². The first-order valence-corrected chi connectivity index (χ1v) is 10.1. The van der Waals surface area contributed by atoms with Crippen LogP contribution in [0, 0.1) is 5.92 Å². The zero-order valence-electron chi connectivity index (χ0n) is 16.3. The van der Waals surface area contributed by atoms with Gasteiger partial charge in [-0.05, 0) is 32.1 Å². The minimum Gasteiger partial charge on any atom is -0.353 e. The van der Waals surface area contributed by atoms with E-state index in [4.69, 9.17) is 0 Å². The first-order valence-electron chi connectivity index (χ1n) is 10.1. The Labute approximate surface area is 156 Å². The Morgan fingerprint density at radius 3 is 2.69 bits per heavy atom. The average molecular weight is 361 g/mol. The Bertz CT molecular complexity index is 646. The van der Waals surface area contributed by atoms with E-state index in [0.29, 0.717) is 24.8 Å². The number of carbonyl (C=O) groups is 2. The van der Waals surface area contributed by atoms with Gasteiger partial charge >= 0.3 is 0 Å². The molecule has 0 saturated heterocycles. The van der Waals surface area contributed by atoms with Crippen LogP contribution in [0.4, 0.5) is 0 Å². The van der Waals surface area contributed by atoms with Gasteiger partial charge in [0.2, 0.25) is 11.8 Å². The summed E-state index contributed by atoms with van der Waals surface area (Å²) in [5.41, 5.74) is 0.804. The molecule has 2 heterocycles. The number of carbonyl (C=O) groups excluding carboxylic acids is 2. The van der Waals surface area contributed by atoms with Gasteiger partial charge in [0.1, 0.15) is 5.82 Å². The van der Waals surface area contributed by atoms with Crippen LogP contribution in [0.2, 0.25) is 0 Å². The normalized spacial score (nSPS) is 20.5. The number of hydrogen-bond donors (Lipinski definition) is 1. The Balaban J connectivity index is 1.60. The van der Waals surface area contributed by atoms with Gasteiger partial charge in [-0.25, -0.2) is 4.98 Å². The van der Waals surface area contributed by atoms with Gasteiger partial charge in [0.15, 0.2) is 0 Å². The predicted octanol–water partition coefficient (Wildman–Crippen LogP) is 2.82. The summed E-state index contributed by atoms with van der Waals surface area (Å²) in [4.78, 5) is 31.4. The van der Waals surface area contributed by atoms with E-state index in [1.807, 2.05) is 18.0 Å². The van der Waals surface area contributed by atoms with Gasteiger partial charge in [0.05, 0.1) is 18.2 Å². The molecule has 6 nitrogen and oxygen atoms in total. The molecule has 2 aliphatic rings. The highest BCUT2D eigenvalue weighted by Gasteiger charge is 2.29. The third-order valence-corrected chi connectivity index (χ3v) is 5.60. The Morgan fingerprint density at radius 1 is 1.27 bits per heavy atom. The summed E-state index contributed by atoms with van der Waals surface area (Å²) in [6.45, 7) is 7.79. The summed E-state index contributed by atoms with van der Waals surface area (Å²) in [6.07, 6.45) is 8.43. The van der Waals surface area contributed by atoms with Gasteiger partial charge in [0, 0.05) is 31.7 Å². The Kier molecular flexibility index (Phi) is 5.99. The molecule has 0 spiro atoms. The second-order valence-corrected chi connectivity index (χ2v) is 8.21. The van der Waals surface area contributed by atoms with E-state index in [9.17, 15) is 9.59 Å². The fraction of sp³-hybridized carbons (Fsp3) is 0.750. The molecule has 0 radical (unpaired) electrons. The lowest BCUT2D eigenvalue weighted by Gasteiger charge is -2.34. The molecule has 0 aromatic carbocycles. The minimum atomic E-state index is -0.0324. The number of aromatic nitrogens is 2. The molecule has 0 bridgehead atoms. The molecule has 1 aromatic rings. The van der Waals surface area contributed by atoms with Crippen LogP contribution in [0.5, 0.6) is 0 Å². The first kappa shape index (κ1) is 18.9. The molecule has 6 heteroatoms. The SMILES string of the molecule is CC(C)CCC(=O)N1CCn2cc(CC(=O)NC3CCCC3)nc2[C@@H]1C. The van der Waals surface area contributed by atoms with Crippen molar-refractivity contribution in [3.8, 4) is 0 Å². The number of imidazole rings is 1. The number of nitrogens with one attached hydrogen (secondary N) is 1. The van der Waals surface area contributed by atoms with E-state index < -0.39 is 0 Å². The van der Waals surface area contributed by atoms with Gasteiger partial charge < -0.3 is 14.8 Å². The molecule has 1 saturated carbocycles.